The van der Waals surface area contributed by atoms with E-state index in [4.69, 9.17) is 0 Å². The summed E-state index contributed by atoms with van der Waals surface area (Å²) in [7, 11) is 1.44. The summed E-state index contributed by atoms with van der Waals surface area (Å²) in [6, 6.07) is 4.85. The van der Waals surface area contributed by atoms with E-state index in [1.165, 1.54) is 30.6 Å². The molecule has 0 bridgehead atoms. The number of carbonyl (C=O) groups is 2. The average molecular weight is 408 g/mol. The molecular weight excluding hydrogens is 392 g/mol. The molecule has 0 radical (unpaired) electrons. The summed E-state index contributed by atoms with van der Waals surface area (Å²) < 4.78 is 1.15. The van der Waals surface area contributed by atoms with Crippen LogP contribution in [0, 0.1) is 17.2 Å². The summed E-state index contributed by atoms with van der Waals surface area (Å²) in [5.41, 5.74) is -0.102. The first kappa shape index (κ1) is 19.0. The molecule has 9 heteroatoms. The van der Waals surface area contributed by atoms with Crippen molar-refractivity contribution in [2.45, 2.75) is 25.7 Å². The minimum Gasteiger partial charge on any atom is -0.292 e. The van der Waals surface area contributed by atoms with Gasteiger partial charge in [-0.1, -0.05) is 0 Å². The van der Waals surface area contributed by atoms with Gasteiger partial charge in [0.1, 0.15) is 5.65 Å². The number of fused-ring (bicyclic) bond motifs is 2. The normalized spacial score (nSPS) is 14.2. The molecule has 0 saturated carbocycles. The number of pyridine rings is 1. The second-order valence-corrected chi connectivity index (χ2v) is 8.11. The fourth-order valence-corrected chi connectivity index (χ4v) is 4.75. The summed E-state index contributed by atoms with van der Waals surface area (Å²) in [6.45, 7) is 0. The third kappa shape index (κ3) is 3.21. The van der Waals surface area contributed by atoms with Gasteiger partial charge in [0.15, 0.2) is 17.5 Å². The number of H-pyrrole nitrogens is 1. The number of rotatable bonds is 4. The highest BCUT2D eigenvalue weighted by Crippen LogP contribution is 2.31. The lowest BCUT2D eigenvalue weighted by Gasteiger charge is -2.08. The number of thiophene rings is 1. The zero-order valence-electron chi connectivity index (χ0n) is 15.5. The lowest BCUT2D eigenvalue weighted by molar-refractivity contribution is 0.0848. The molecule has 4 rings (SSSR count). The van der Waals surface area contributed by atoms with Crippen LogP contribution in [0.1, 0.15) is 43.3 Å². The smallest absolute Gasteiger partial charge is 0.292 e. The van der Waals surface area contributed by atoms with Crippen molar-refractivity contribution in [3.63, 3.8) is 0 Å². The van der Waals surface area contributed by atoms with Gasteiger partial charge in [0.2, 0.25) is 0 Å². The maximum atomic E-state index is 12.9. The second kappa shape index (κ2) is 7.22. The first-order valence-corrected chi connectivity index (χ1v) is 9.91. The van der Waals surface area contributed by atoms with Crippen LogP contribution in [0.3, 0.4) is 0 Å². The van der Waals surface area contributed by atoms with Crippen LogP contribution < -0.4 is 11.2 Å². The zero-order chi connectivity index (χ0) is 20.7. The SMILES string of the molecule is Cn1c(=O)[nH]c(=O)c2cc(C(=O)C(C#N)C(=O)c3cc4c(s3)CCCC4)cnc21. The predicted molar refractivity (Wildman–Crippen MR) is 106 cm³/mol. The molecule has 0 fully saturated rings. The van der Waals surface area contributed by atoms with Crippen molar-refractivity contribution in [2.75, 3.05) is 0 Å². The molecule has 3 heterocycles. The van der Waals surface area contributed by atoms with Crippen molar-refractivity contribution >= 4 is 33.9 Å². The summed E-state index contributed by atoms with van der Waals surface area (Å²) in [4.78, 5) is 57.2. The van der Waals surface area contributed by atoms with Crippen LogP contribution in [0.25, 0.3) is 11.0 Å². The minimum atomic E-state index is -1.51. The topological polar surface area (TPSA) is 126 Å². The maximum absolute atomic E-state index is 12.9. The fraction of sp³-hybridized carbons (Fsp3) is 0.300. The number of Topliss-reactive ketones (excluding diaryl/α,β-unsaturated/α-hetero) is 2. The van der Waals surface area contributed by atoms with E-state index in [1.54, 1.807) is 12.1 Å². The molecule has 0 aromatic carbocycles. The van der Waals surface area contributed by atoms with E-state index < -0.39 is 28.7 Å². The van der Waals surface area contributed by atoms with Gasteiger partial charge in [-0.25, -0.2) is 9.78 Å². The molecule has 0 aliphatic heterocycles. The van der Waals surface area contributed by atoms with Crippen LogP contribution in [0.15, 0.2) is 27.9 Å². The standard InChI is InChI=1S/C20H16N4O4S/c1-24-18-12(19(27)23-20(24)28)6-11(9-22-18)16(25)13(8-21)17(26)15-7-10-4-2-3-5-14(10)29-15/h6-7,9,13H,2-5H2,1H3,(H,23,27,28). The van der Waals surface area contributed by atoms with E-state index >= 15 is 0 Å². The van der Waals surface area contributed by atoms with E-state index in [-0.39, 0.29) is 16.6 Å². The molecule has 146 valence electrons. The maximum Gasteiger partial charge on any atom is 0.329 e. The molecule has 1 aliphatic carbocycles. The third-order valence-corrected chi connectivity index (χ3v) is 6.38. The molecule has 0 amide bonds. The Labute approximate surface area is 168 Å². The van der Waals surface area contributed by atoms with E-state index in [9.17, 15) is 24.4 Å². The first-order chi connectivity index (χ1) is 13.9. The van der Waals surface area contributed by atoms with Crippen LogP contribution in [0.2, 0.25) is 0 Å². The largest absolute Gasteiger partial charge is 0.329 e. The van der Waals surface area contributed by atoms with Gasteiger partial charge in [-0.05, 0) is 43.4 Å². The number of aromatic amines is 1. The zero-order valence-corrected chi connectivity index (χ0v) is 16.3. The van der Waals surface area contributed by atoms with Gasteiger partial charge in [0, 0.05) is 23.7 Å². The fourth-order valence-electron chi connectivity index (χ4n) is 3.53. The molecule has 3 aromatic rings. The van der Waals surface area contributed by atoms with Gasteiger partial charge in [0.05, 0.1) is 16.3 Å². The van der Waals surface area contributed by atoms with Gasteiger partial charge >= 0.3 is 5.69 Å². The Morgan fingerprint density at radius 2 is 2.00 bits per heavy atom. The number of nitriles is 1. The van der Waals surface area contributed by atoms with Crippen molar-refractivity contribution in [3.8, 4) is 6.07 Å². The Morgan fingerprint density at radius 1 is 1.24 bits per heavy atom. The second-order valence-electron chi connectivity index (χ2n) is 6.97. The lowest BCUT2D eigenvalue weighted by Crippen LogP contribution is -2.29. The summed E-state index contributed by atoms with van der Waals surface area (Å²) >= 11 is 1.35. The van der Waals surface area contributed by atoms with E-state index in [1.807, 2.05) is 0 Å². The number of aromatic nitrogens is 3. The minimum absolute atomic E-state index is 0.0251. The van der Waals surface area contributed by atoms with Crippen LogP contribution in [0.5, 0.6) is 0 Å². The Balaban J connectivity index is 1.71. The molecule has 0 saturated heterocycles. The molecule has 1 aliphatic rings. The Bertz CT molecular complexity index is 1300. The quantitative estimate of drug-likeness (QED) is 0.518. The lowest BCUT2D eigenvalue weighted by atomic mass is 9.93. The summed E-state index contributed by atoms with van der Waals surface area (Å²) in [5, 5.41) is 9.56. The number of aryl methyl sites for hydroxylation is 3. The Morgan fingerprint density at radius 3 is 2.72 bits per heavy atom. The van der Waals surface area contributed by atoms with E-state index in [0.29, 0.717) is 4.88 Å². The van der Waals surface area contributed by atoms with E-state index in [0.717, 1.165) is 40.7 Å². The molecule has 3 aromatic heterocycles. The predicted octanol–water partition coefficient (Wildman–Crippen LogP) is 1.77. The number of nitrogens with zero attached hydrogens (tertiary/aromatic N) is 3. The van der Waals surface area contributed by atoms with Gasteiger partial charge in [0.25, 0.3) is 5.56 Å². The van der Waals surface area contributed by atoms with Crippen molar-refractivity contribution < 1.29 is 9.59 Å². The number of hydrogen-bond acceptors (Lipinski definition) is 7. The highest BCUT2D eigenvalue weighted by Gasteiger charge is 2.31. The molecule has 0 spiro atoms. The van der Waals surface area contributed by atoms with Crippen LogP contribution in [-0.4, -0.2) is 26.1 Å². The van der Waals surface area contributed by atoms with Crippen LogP contribution in [0.4, 0.5) is 0 Å². The van der Waals surface area contributed by atoms with Gasteiger partial charge < -0.3 is 0 Å². The third-order valence-electron chi connectivity index (χ3n) is 5.13. The summed E-state index contributed by atoms with van der Waals surface area (Å²) in [6.07, 6.45) is 5.13. The van der Waals surface area contributed by atoms with Crippen LogP contribution >= 0.6 is 11.3 Å². The van der Waals surface area contributed by atoms with Crippen molar-refractivity contribution in [3.05, 3.63) is 60.0 Å². The first-order valence-electron chi connectivity index (χ1n) is 9.09. The van der Waals surface area contributed by atoms with E-state index in [2.05, 4.69) is 9.97 Å². The van der Waals surface area contributed by atoms with Gasteiger partial charge in [-0.2, -0.15) is 5.26 Å². The highest BCUT2D eigenvalue weighted by molar-refractivity contribution is 7.14. The molecule has 1 atom stereocenters. The van der Waals surface area contributed by atoms with Crippen molar-refractivity contribution in [1.29, 1.82) is 5.26 Å². The monoisotopic (exact) mass is 408 g/mol. The van der Waals surface area contributed by atoms with Crippen molar-refractivity contribution in [2.24, 2.45) is 13.0 Å². The Kier molecular flexibility index (Phi) is 4.72. The highest BCUT2D eigenvalue weighted by atomic mass is 32.1. The summed E-state index contributed by atoms with van der Waals surface area (Å²) in [5.74, 6) is -2.76. The Hall–Kier alpha value is -3.38. The molecule has 29 heavy (non-hydrogen) atoms. The number of carbonyl (C=O) groups excluding carboxylic acids is 2. The number of ketones is 2. The average Bonchev–Trinajstić information content (AvgIpc) is 3.16. The molecule has 1 unspecified atom stereocenters. The van der Waals surface area contributed by atoms with Crippen molar-refractivity contribution in [1.82, 2.24) is 14.5 Å². The molecule has 8 nitrogen and oxygen atoms in total. The number of nitrogens with one attached hydrogen (secondary N) is 1. The number of hydrogen-bond donors (Lipinski definition) is 1. The van der Waals surface area contributed by atoms with Gasteiger partial charge in [-0.3, -0.25) is 23.9 Å². The van der Waals surface area contributed by atoms with Crippen LogP contribution in [-0.2, 0) is 19.9 Å². The molecule has 1 N–H and O–H groups in total. The van der Waals surface area contributed by atoms with Gasteiger partial charge in [-0.15, -0.1) is 11.3 Å². The molecular formula is C20H16N4O4S.